The van der Waals surface area contributed by atoms with Gasteiger partial charge in [-0.3, -0.25) is 9.59 Å². The fraction of sp³-hybridized carbons (Fsp3) is 0.250. The van der Waals surface area contributed by atoms with E-state index < -0.39 is 0 Å². The SMILES string of the molecule is COC(=O)CCNC(=O)COc1ccc2ccccc2c1. The molecule has 0 aliphatic rings. The van der Waals surface area contributed by atoms with Gasteiger partial charge in [-0.1, -0.05) is 30.3 Å². The van der Waals surface area contributed by atoms with Gasteiger partial charge in [-0.15, -0.1) is 0 Å². The van der Waals surface area contributed by atoms with Crippen LogP contribution in [0.1, 0.15) is 6.42 Å². The van der Waals surface area contributed by atoms with Crippen LogP contribution in [0, 0.1) is 0 Å². The van der Waals surface area contributed by atoms with Crippen LogP contribution in [0.3, 0.4) is 0 Å². The smallest absolute Gasteiger partial charge is 0.307 e. The lowest BCUT2D eigenvalue weighted by molar-refractivity contribution is -0.140. The number of amides is 1. The van der Waals surface area contributed by atoms with E-state index in [0.717, 1.165) is 10.8 Å². The molecule has 0 saturated carbocycles. The Labute approximate surface area is 122 Å². The summed E-state index contributed by atoms with van der Waals surface area (Å²) in [4.78, 5) is 22.5. The highest BCUT2D eigenvalue weighted by Gasteiger charge is 2.05. The molecular weight excluding hydrogens is 270 g/mol. The van der Waals surface area contributed by atoms with Crippen molar-refractivity contribution in [3.05, 3.63) is 42.5 Å². The van der Waals surface area contributed by atoms with E-state index >= 15 is 0 Å². The van der Waals surface area contributed by atoms with Gasteiger partial charge >= 0.3 is 5.97 Å². The van der Waals surface area contributed by atoms with Crippen molar-refractivity contribution in [2.24, 2.45) is 0 Å². The molecule has 5 heteroatoms. The molecule has 0 radical (unpaired) electrons. The minimum atomic E-state index is -0.356. The monoisotopic (exact) mass is 287 g/mol. The van der Waals surface area contributed by atoms with Gasteiger partial charge in [-0.05, 0) is 22.9 Å². The van der Waals surface area contributed by atoms with E-state index in [1.165, 1.54) is 7.11 Å². The fourth-order valence-electron chi connectivity index (χ4n) is 1.86. The zero-order chi connectivity index (χ0) is 15.1. The van der Waals surface area contributed by atoms with Crippen molar-refractivity contribution in [2.45, 2.75) is 6.42 Å². The van der Waals surface area contributed by atoms with Crippen molar-refractivity contribution in [3.8, 4) is 5.75 Å². The summed E-state index contributed by atoms with van der Waals surface area (Å²) in [5.74, 6) is 0.00891. The highest BCUT2D eigenvalue weighted by molar-refractivity contribution is 5.84. The van der Waals surface area contributed by atoms with Crippen molar-refractivity contribution in [3.63, 3.8) is 0 Å². The predicted octanol–water partition coefficient (Wildman–Crippen LogP) is 1.90. The van der Waals surface area contributed by atoms with Crippen molar-refractivity contribution in [2.75, 3.05) is 20.3 Å². The number of esters is 1. The van der Waals surface area contributed by atoms with Crippen LogP contribution >= 0.6 is 0 Å². The number of methoxy groups -OCH3 is 1. The average Bonchev–Trinajstić information content (AvgIpc) is 2.52. The molecule has 0 saturated heterocycles. The van der Waals surface area contributed by atoms with Crippen LogP contribution in [-0.4, -0.2) is 32.1 Å². The Kier molecular flexibility index (Phi) is 5.15. The van der Waals surface area contributed by atoms with E-state index in [2.05, 4.69) is 10.1 Å². The van der Waals surface area contributed by atoms with E-state index in [0.29, 0.717) is 5.75 Å². The molecule has 5 nitrogen and oxygen atoms in total. The van der Waals surface area contributed by atoms with Crippen molar-refractivity contribution < 1.29 is 19.1 Å². The average molecular weight is 287 g/mol. The van der Waals surface area contributed by atoms with Crippen LogP contribution in [-0.2, 0) is 14.3 Å². The molecule has 0 atom stereocenters. The molecule has 0 aliphatic carbocycles. The summed E-state index contributed by atoms with van der Waals surface area (Å²) in [6.07, 6.45) is 0.151. The molecule has 0 aliphatic heterocycles. The van der Waals surface area contributed by atoms with Gasteiger partial charge in [-0.25, -0.2) is 0 Å². The number of ether oxygens (including phenoxy) is 2. The van der Waals surface area contributed by atoms with E-state index in [-0.39, 0.29) is 31.4 Å². The second-order valence-electron chi connectivity index (χ2n) is 4.47. The predicted molar refractivity (Wildman–Crippen MR) is 79.1 cm³/mol. The molecule has 110 valence electrons. The first-order chi connectivity index (χ1) is 10.2. The van der Waals surface area contributed by atoms with Gasteiger partial charge < -0.3 is 14.8 Å². The number of carbonyl (C=O) groups is 2. The van der Waals surface area contributed by atoms with Crippen LogP contribution in [0.15, 0.2) is 42.5 Å². The lowest BCUT2D eigenvalue weighted by atomic mass is 10.1. The summed E-state index contributed by atoms with van der Waals surface area (Å²) >= 11 is 0. The third kappa shape index (κ3) is 4.49. The van der Waals surface area contributed by atoms with Crippen LogP contribution in [0.25, 0.3) is 10.8 Å². The molecule has 21 heavy (non-hydrogen) atoms. The molecule has 1 N–H and O–H groups in total. The van der Waals surface area contributed by atoms with Crippen molar-refractivity contribution in [1.29, 1.82) is 0 Å². The minimum absolute atomic E-state index is 0.0838. The van der Waals surface area contributed by atoms with E-state index in [9.17, 15) is 9.59 Å². The molecule has 0 fully saturated rings. The maximum absolute atomic E-state index is 11.6. The Bertz CT molecular complexity index is 639. The Hall–Kier alpha value is -2.56. The second kappa shape index (κ2) is 7.28. The first-order valence-electron chi connectivity index (χ1n) is 6.64. The number of benzene rings is 2. The Balaban J connectivity index is 1.81. The minimum Gasteiger partial charge on any atom is -0.484 e. The van der Waals surface area contributed by atoms with Gasteiger partial charge in [0.25, 0.3) is 5.91 Å². The van der Waals surface area contributed by atoms with Gasteiger partial charge in [0, 0.05) is 6.54 Å². The third-order valence-corrected chi connectivity index (χ3v) is 2.97. The number of fused-ring (bicyclic) bond motifs is 1. The highest BCUT2D eigenvalue weighted by atomic mass is 16.5. The van der Waals surface area contributed by atoms with Crippen LogP contribution in [0.2, 0.25) is 0 Å². The molecule has 0 unspecified atom stereocenters. The van der Waals surface area contributed by atoms with E-state index in [4.69, 9.17) is 4.74 Å². The lowest BCUT2D eigenvalue weighted by Gasteiger charge is -2.08. The maximum atomic E-state index is 11.6. The van der Waals surface area contributed by atoms with E-state index in [1.807, 2.05) is 42.5 Å². The second-order valence-corrected chi connectivity index (χ2v) is 4.47. The topological polar surface area (TPSA) is 64.6 Å². The summed E-state index contributed by atoms with van der Waals surface area (Å²) in [5.41, 5.74) is 0. The zero-order valence-corrected chi connectivity index (χ0v) is 11.8. The molecule has 0 bridgehead atoms. The largest absolute Gasteiger partial charge is 0.484 e. The Morgan fingerprint density at radius 2 is 1.86 bits per heavy atom. The molecule has 2 aromatic rings. The summed E-state index contributed by atoms with van der Waals surface area (Å²) in [6, 6.07) is 13.6. The number of carbonyl (C=O) groups excluding carboxylic acids is 2. The first kappa shape index (κ1) is 14.8. The molecule has 0 spiro atoms. The Morgan fingerprint density at radius 1 is 1.10 bits per heavy atom. The molecule has 2 aromatic carbocycles. The van der Waals surface area contributed by atoms with Crippen LogP contribution in [0.4, 0.5) is 0 Å². The van der Waals surface area contributed by atoms with Gasteiger partial charge in [-0.2, -0.15) is 0 Å². The number of nitrogens with one attached hydrogen (secondary N) is 1. The molecule has 0 aromatic heterocycles. The van der Waals surface area contributed by atoms with Crippen molar-refractivity contribution in [1.82, 2.24) is 5.32 Å². The van der Waals surface area contributed by atoms with Gasteiger partial charge in [0.2, 0.25) is 0 Å². The zero-order valence-electron chi connectivity index (χ0n) is 11.8. The van der Waals surface area contributed by atoms with E-state index in [1.54, 1.807) is 0 Å². The summed E-state index contributed by atoms with van der Waals surface area (Å²) in [6.45, 7) is 0.159. The number of hydrogen-bond donors (Lipinski definition) is 1. The van der Waals surface area contributed by atoms with Gasteiger partial charge in [0.15, 0.2) is 6.61 Å². The lowest BCUT2D eigenvalue weighted by Crippen LogP contribution is -2.30. The summed E-state index contributed by atoms with van der Waals surface area (Å²) in [7, 11) is 1.31. The molecule has 0 heterocycles. The van der Waals surface area contributed by atoms with Crippen LogP contribution < -0.4 is 10.1 Å². The molecular formula is C16H17NO4. The Morgan fingerprint density at radius 3 is 2.62 bits per heavy atom. The molecule has 2 rings (SSSR count). The fourth-order valence-corrected chi connectivity index (χ4v) is 1.86. The summed E-state index contributed by atoms with van der Waals surface area (Å²) < 4.78 is 9.91. The third-order valence-electron chi connectivity index (χ3n) is 2.97. The standard InChI is InChI=1S/C16H17NO4/c1-20-16(19)8-9-17-15(18)11-21-14-7-6-12-4-2-3-5-13(12)10-14/h2-7,10H,8-9,11H2,1H3,(H,17,18). The number of hydrogen-bond acceptors (Lipinski definition) is 4. The molecule has 1 amide bonds. The normalized spacial score (nSPS) is 10.1. The summed E-state index contributed by atoms with van der Waals surface area (Å²) in [5, 5.41) is 4.77. The first-order valence-corrected chi connectivity index (χ1v) is 6.64. The van der Waals surface area contributed by atoms with Gasteiger partial charge in [0.1, 0.15) is 5.75 Å². The number of rotatable bonds is 6. The maximum Gasteiger partial charge on any atom is 0.307 e. The highest BCUT2D eigenvalue weighted by Crippen LogP contribution is 2.20. The van der Waals surface area contributed by atoms with Gasteiger partial charge in [0.05, 0.1) is 13.5 Å². The van der Waals surface area contributed by atoms with Crippen LogP contribution in [0.5, 0.6) is 5.75 Å². The van der Waals surface area contributed by atoms with Crippen molar-refractivity contribution >= 4 is 22.6 Å². The quantitative estimate of drug-likeness (QED) is 0.824.